The number of carbonyl (C=O) groups is 1. The van der Waals surface area contributed by atoms with Gasteiger partial charge in [-0.3, -0.25) is 14.9 Å². The first-order valence-electron chi connectivity index (χ1n) is 4.72. The molecule has 1 N–H and O–H groups in total. The lowest BCUT2D eigenvalue weighted by molar-refractivity contribution is -0.384. The van der Waals surface area contributed by atoms with E-state index in [-0.39, 0.29) is 16.3 Å². The van der Waals surface area contributed by atoms with Crippen LogP contribution in [0.3, 0.4) is 0 Å². The first-order chi connectivity index (χ1) is 8.58. The minimum Gasteiger partial charge on any atom is -0.363 e. The fraction of sp³-hybridized carbons (Fsp3) is 0. The van der Waals surface area contributed by atoms with Gasteiger partial charge in [-0.2, -0.15) is 0 Å². The van der Waals surface area contributed by atoms with Crippen molar-refractivity contribution in [3.8, 4) is 0 Å². The van der Waals surface area contributed by atoms with Crippen molar-refractivity contribution < 1.29 is 14.2 Å². The predicted molar refractivity (Wildman–Crippen MR) is 62.6 cm³/mol. The van der Waals surface area contributed by atoms with Gasteiger partial charge in [-0.05, 0) is 6.07 Å². The molecule has 0 spiro atoms. The highest BCUT2D eigenvalue weighted by Crippen LogP contribution is 2.23. The first-order valence-corrected chi connectivity index (χ1v) is 5.10. The second-order valence-electron chi connectivity index (χ2n) is 3.29. The van der Waals surface area contributed by atoms with Crippen molar-refractivity contribution in [1.82, 2.24) is 5.16 Å². The van der Waals surface area contributed by atoms with Gasteiger partial charge in [-0.1, -0.05) is 16.8 Å². The number of hydrogen-bond acceptors (Lipinski definition) is 5. The molecule has 0 aliphatic rings. The topological polar surface area (TPSA) is 98.3 Å². The van der Waals surface area contributed by atoms with Crippen LogP contribution < -0.4 is 5.32 Å². The number of amides is 1. The molecule has 0 bridgehead atoms. The van der Waals surface area contributed by atoms with Crippen molar-refractivity contribution in [3.63, 3.8) is 0 Å². The summed E-state index contributed by atoms with van der Waals surface area (Å²) in [6.07, 6.45) is 2.52. The van der Waals surface area contributed by atoms with Gasteiger partial charge in [0, 0.05) is 12.1 Å². The van der Waals surface area contributed by atoms with E-state index < -0.39 is 10.8 Å². The van der Waals surface area contributed by atoms with Crippen molar-refractivity contribution in [1.29, 1.82) is 0 Å². The van der Waals surface area contributed by atoms with Crippen molar-refractivity contribution in [2.24, 2.45) is 0 Å². The third-order valence-corrected chi connectivity index (χ3v) is 2.43. The highest BCUT2D eigenvalue weighted by molar-refractivity contribution is 6.34. The molecule has 0 aliphatic carbocycles. The van der Waals surface area contributed by atoms with Crippen molar-refractivity contribution in [3.05, 3.63) is 51.4 Å². The molecule has 92 valence electrons. The van der Waals surface area contributed by atoms with Crippen LogP contribution >= 0.6 is 11.6 Å². The van der Waals surface area contributed by atoms with Gasteiger partial charge in [-0.25, -0.2) is 0 Å². The number of nitrogens with one attached hydrogen (secondary N) is 1. The van der Waals surface area contributed by atoms with Crippen LogP contribution in [0.1, 0.15) is 10.4 Å². The molecular formula is C10H6ClN3O4. The van der Waals surface area contributed by atoms with Crippen LogP contribution in [0.5, 0.6) is 0 Å². The van der Waals surface area contributed by atoms with E-state index in [1.807, 2.05) is 0 Å². The highest BCUT2D eigenvalue weighted by Gasteiger charge is 2.16. The van der Waals surface area contributed by atoms with E-state index in [1.165, 1.54) is 24.6 Å². The van der Waals surface area contributed by atoms with Gasteiger partial charge in [0.05, 0.1) is 21.7 Å². The minimum atomic E-state index is -0.605. The van der Waals surface area contributed by atoms with E-state index in [0.29, 0.717) is 5.69 Å². The smallest absolute Gasteiger partial charge is 0.270 e. The van der Waals surface area contributed by atoms with Gasteiger partial charge in [0.25, 0.3) is 11.6 Å². The van der Waals surface area contributed by atoms with Crippen molar-refractivity contribution >= 4 is 28.9 Å². The molecule has 2 aromatic rings. The summed E-state index contributed by atoms with van der Waals surface area (Å²) in [4.78, 5) is 21.8. The summed E-state index contributed by atoms with van der Waals surface area (Å²) in [5.74, 6) is -0.577. The van der Waals surface area contributed by atoms with Gasteiger partial charge in [0.1, 0.15) is 12.0 Å². The quantitative estimate of drug-likeness (QED) is 0.680. The van der Waals surface area contributed by atoms with E-state index in [9.17, 15) is 14.9 Å². The minimum absolute atomic E-state index is 0.00654. The summed E-state index contributed by atoms with van der Waals surface area (Å²) in [5, 5.41) is 16.6. The molecule has 1 aromatic heterocycles. The van der Waals surface area contributed by atoms with Gasteiger partial charge in [-0.15, -0.1) is 0 Å². The van der Waals surface area contributed by atoms with E-state index in [1.54, 1.807) is 0 Å². The number of halogens is 1. The lowest BCUT2D eigenvalue weighted by Crippen LogP contribution is -2.12. The van der Waals surface area contributed by atoms with Crippen LogP contribution in [0, 0.1) is 10.1 Å². The summed E-state index contributed by atoms with van der Waals surface area (Å²) in [6, 6.07) is 3.62. The molecule has 0 atom stereocenters. The second-order valence-corrected chi connectivity index (χ2v) is 3.70. The molecule has 2 rings (SSSR count). The molecular weight excluding hydrogens is 262 g/mol. The maximum atomic E-state index is 11.8. The summed E-state index contributed by atoms with van der Waals surface area (Å²) < 4.78 is 4.54. The standard InChI is InChI=1S/C10H6ClN3O4/c11-9-2-1-7(14(16)17)3-8(9)10(15)13-6-4-12-18-5-6/h1-5H,(H,13,15). The zero-order valence-electron chi connectivity index (χ0n) is 8.79. The fourth-order valence-electron chi connectivity index (χ4n) is 1.27. The Morgan fingerprint density at radius 1 is 1.50 bits per heavy atom. The lowest BCUT2D eigenvalue weighted by atomic mass is 10.2. The number of benzene rings is 1. The number of anilines is 1. The number of carbonyl (C=O) groups excluding carboxylic acids is 1. The predicted octanol–water partition coefficient (Wildman–Crippen LogP) is 2.49. The number of nitro benzene ring substituents is 1. The zero-order valence-corrected chi connectivity index (χ0v) is 9.55. The molecule has 1 heterocycles. The van der Waals surface area contributed by atoms with Crippen LogP contribution in [0.4, 0.5) is 11.4 Å². The third kappa shape index (κ3) is 2.46. The number of aromatic nitrogens is 1. The average Bonchev–Trinajstić information content (AvgIpc) is 2.81. The molecule has 1 amide bonds. The maximum Gasteiger partial charge on any atom is 0.270 e. The Kier molecular flexibility index (Phi) is 3.24. The molecule has 1 aromatic carbocycles. The largest absolute Gasteiger partial charge is 0.363 e. The van der Waals surface area contributed by atoms with E-state index in [2.05, 4.69) is 15.0 Å². The number of nitrogens with zero attached hydrogens (tertiary/aromatic N) is 2. The number of nitro groups is 1. The van der Waals surface area contributed by atoms with Gasteiger partial charge >= 0.3 is 0 Å². The molecule has 0 fully saturated rings. The van der Waals surface area contributed by atoms with E-state index >= 15 is 0 Å². The summed E-state index contributed by atoms with van der Waals surface area (Å²) in [7, 11) is 0. The Bertz CT molecular complexity index is 597. The fourth-order valence-corrected chi connectivity index (χ4v) is 1.47. The maximum absolute atomic E-state index is 11.8. The average molecular weight is 268 g/mol. The molecule has 7 nitrogen and oxygen atoms in total. The van der Waals surface area contributed by atoms with Gasteiger partial charge in [0.2, 0.25) is 0 Å². The summed E-state index contributed by atoms with van der Waals surface area (Å²) in [6.45, 7) is 0. The Morgan fingerprint density at radius 2 is 2.28 bits per heavy atom. The molecule has 18 heavy (non-hydrogen) atoms. The van der Waals surface area contributed by atoms with Gasteiger partial charge < -0.3 is 9.84 Å². The molecule has 0 saturated carbocycles. The number of non-ortho nitro benzene ring substituents is 1. The zero-order chi connectivity index (χ0) is 13.1. The Balaban J connectivity index is 2.29. The second kappa shape index (κ2) is 4.84. The summed E-state index contributed by atoms with van der Waals surface area (Å²) >= 11 is 5.81. The van der Waals surface area contributed by atoms with Gasteiger partial charge in [0.15, 0.2) is 0 Å². The number of hydrogen-bond donors (Lipinski definition) is 1. The molecule has 0 radical (unpaired) electrons. The SMILES string of the molecule is O=C(Nc1cnoc1)c1cc([N+](=O)[O-])ccc1Cl. The van der Waals surface area contributed by atoms with Crippen molar-refractivity contribution in [2.45, 2.75) is 0 Å². The van der Waals surface area contributed by atoms with Crippen molar-refractivity contribution in [2.75, 3.05) is 5.32 Å². The molecule has 0 aliphatic heterocycles. The van der Waals surface area contributed by atoms with E-state index in [4.69, 9.17) is 11.6 Å². The van der Waals surface area contributed by atoms with Crippen LogP contribution in [0.2, 0.25) is 5.02 Å². The highest BCUT2D eigenvalue weighted by atomic mass is 35.5. The Morgan fingerprint density at radius 3 is 2.89 bits per heavy atom. The first kappa shape index (κ1) is 12.1. The molecule has 0 saturated heterocycles. The molecule has 0 unspecified atom stereocenters. The van der Waals surface area contributed by atoms with Crippen LogP contribution in [-0.2, 0) is 0 Å². The lowest BCUT2D eigenvalue weighted by Gasteiger charge is -2.03. The normalized spacial score (nSPS) is 10.1. The Labute approximate surface area is 105 Å². The monoisotopic (exact) mass is 267 g/mol. The Hall–Kier alpha value is -2.41. The van der Waals surface area contributed by atoms with E-state index in [0.717, 1.165) is 6.07 Å². The molecule has 8 heteroatoms. The summed E-state index contributed by atoms with van der Waals surface area (Å²) in [5.41, 5.74) is 0.129. The number of rotatable bonds is 3. The van der Waals surface area contributed by atoms with Crippen LogP contribution in [-0.4, -0.2) is 16.0 Å². The van der Waals surface area contributed by atoms with Crippen LogP contribution in [0.15, 0.2) is 35.2 Å². The third-order valence-electron chi connectivity index (χ3n) is 2.10. The van der Waals surface area contributed by atoms with Crippen LogP contribution in [0.25, 0.3) is 0 Å².